The Kier molecular flexibility index (Phi) is 20.5. The van der Waals surface area contributed by atoms with Crippen molar-refractivity contribution in [2.75, 3.05) is 0 Å². The normalized spacial score (nSPS) is 9.67. The Morgan fingerprint density at radius 1 is 0.578 bits per heavy atom. The first-order valence-electron chi connectivity index (χ1n) is 14.9. The predicted molar refractivity (Wildman–Crippen MR) is 205 cm³/mol. The molecule has 6 aromatic rings. The molecule has 0 aliphatic rings. The third-order valence-electron chi connectivity index (χ3n) is 7.72. The molecule has 0 fully saturated rings. The van der Waals surface area contributed by atoms with Crippen LogP contribution < -0.4 is 0 Å². The zero-order valence-corrected chi connectivity index (χ0v) is 32.8. The molecule has 6 rings (SSSR count). The quantitative estimate of drug-likeness (QED) is 0.113. The van der Waals surface area contributed by atoms with E-state index >= 15 is 0 Å². The van der Waals surface area contributed by atoms with Gasteiger partial charge in [-0.2, -0.15) is 12.1 Å². The fraction of sp³-hybridized carbons (Fsp3) is 0.220. The SMILES string of the molecule is CCCc1ccc(-c2cccc3[cH-]c(C)cc23)cc1.CCCc1ccc(-c2cccc3[cH-]c(CC)cc23)cc1.Cl.Cl.[CH3-].[CH3-].[Si]=[Zr]. The van der Waals surface area contributed by atoms with E-state index in [1.165, 1.54) is 115 Å². The van der Waals surface area contributed by atoms with Crippen LogP contribution in [-0.4, -0.2) is 6.88 Å². The van der Waals surface area contributed by atoms with Gasteiger partial charge >= 0.3 is 30.2 Å². The molecular formula is C41H48Cl2SiZr-4. The van der Waals surface area contributed by atoms with Crippen molar-refractivity contribution in [3.05, 3.63) is 146 Å². The van der Waals surface area contributed by atoms with Crippen LogP contribution in [0.2, 0.25) is 0 Å². The van der Waals surface area contributed by atoms with Crippen molar-refractivity contribution in [1.82, 2.24) is 0 Å². The molecule has 4 heteroatoms. The van der Waals surface area contributed by atoms with Gasteiger partial charge in [-0.05, 0) is 41.5 Å². The molecule has 238 valence electrons. The van der Waals surface area contributed by atoms with Gasteiger partial charge in [0.1, 0.15) is 0 Å². The summed E-state index contributed by atoms with van der Waals surface area (Å²) < 4.78 is 0. The number of fused-ring (bicyclic) bond motifs is 2. The van der Waals surface area contributed by atoms with E-state index in [1.807, 2.05) is 0 Å². The second-order valence-corrected chi connectivity index (χ2v) is 10.8. The van der Waals surface area contributed by atoms with Gasteiger partial charge in [-0.1, -0.05) is 112 Å². The van der Waals surface area contributed by atoms with Gasteiger partial charge in [0, 0.05) is 0 Å². The van der Waals surface area contributed by atoms with Gasteiger partial charge in [0.15, 0.2) is 0 Å². The van der Waals surface area contributed by atoms with E-state index in [9.17, 15) is 0 Å². The Morgan fingerprint density at radius 2 is 1.00 bits per heavy atom. The monoisotopic (exact) mass is 728 g/mol. The minimum absolute atomic E-state index is 0. The maximum atomic E-state index is 3.06. The van der Waals surface area contributed by atoms with Crippen molar-refractivity contribution < 1.29 is 23.3 Å². The summed E-state index contributed by atoms with van der Waals surface area (Å²) in [5, 5.41) is 5.44. The van der Waals surface area contributed by atoms with Gasteiger partial charge < -0.3 is 14.9 Å². The summed E-state index contributed by atoms with van der Waals surface area (Å²) in [6.07, 6.45) is 5.85. The van der Waals surface area contributed by atoms with Gasteiger partial charge in [-0.15, -0.1) is 93.9 Å². The molecule has 0 atom stereocenters. The van der Waals surface area contributed by atoms with Crippen LogP contribution in [0.1, 0.15) is 55.9 Å². The summed E-state index contributed by atoms with van der Waals surface area (Å²) in [6, 6.07) is 40.4. The summed E-state index contributed by atoms with van der Waals surface area (Å²) >= 11 is 1.36. The van der Waals surface area contributed by atoms with Crippen molar-refractivity contribution in [3.63, 3.8) is 0 Å². The number of aryl methyl sites for hydroxylation is 4. The van der Waals surface area contributed by atoms with Crippen molar-refractivity contribution >= 4 is 53.2 Å². The molecule has 0 aliphatic heterocycles. The number of hydrogen-bond donors (Lipinski definition) is 0. The first kappa shape index (κ1) is 42.8. The molecule has 0 saturated heterocycles. The van der Waals surface area contributed by atoms with E-state index in [0.717, 1.165) is 6.42 Å². The van der Waals surface area contributed by atoms with Crippen LogP contribution in [0.25, 0.3) is 43.8 Å². The average Bonchev–Trinajstić information content (AvgIpc) is 3.62. The Hall–Kier alpha value is -2.22. The molecule has 2 radical (unpaired) electrons. The fourth-order valence-electron chi connectivity index (χ4n) is 5.67. The van der Waals surface area contributed by atoms with Crippen LogP contribution in [0, 0.1) is 21.8 Å². The van der Waals surface area contributed by atoms with E-state index in [1.54, 1.807) is 0 Å². The molecule has 0 aliphatic carbocycles. The molecule has 0 heterocycles. The summed E-state index contributed by atoms with van der Waals surface area (Å²) in [6.45, 7) is 11.9. The van der Waals surface area contributed by atoms with Gasteiger partial charge in [-0.3, -0.25) is 0 Å². The number of hydrogen-bond acceptors (Lipinski definition) is 0. The van der Waals surface area contributed by atoms with Crippen LogP contribution in [0.4, 0.5) is 0 Å². The van der Waals surface area contributed by atoms with Gasteiger partial charge in [-0.25, -0.2) is 0 Å². The number of benzene rings is 4. The second kappa shape index (κ2) is 21.6. The third-order valence-corrected chi connectivity index (χ3v) is 7.72. The fourth-order valence-corrected chi connectivity index (χ4v) is 5.67. The average molecular weight is 731 g/mol. The first-order chi connectivity index (χ1) is 20.1. The standard InChI is InChI=1S/C20H21.C19H19.2CH3.2ClH.Si.Zr/c1-3-6-16-9-11-17(12-10-16)19-8-5-7-18-13-15(4-2)14-20(18)19;1-3-5-15-8-10-16(11-9-15)18-7-4-6-17-12-14(2)13-19(17)18;;;;;;/h5,7-14H,3-4,6H2,1-2H3;4,6-13H,3,5H2,1-2H3;2*1H3;2*1H;;/q4*-1;;;;. The van der Waals surface area contributed by atoms with Crippen LogP contribution in [0.15, 0.2) is 109 Å². The summed E-state index contributed by atoms with van der Waals surface area (Å²) in [7, 11) is 0. The molecule has 0 unspecified atom stereocenters. The molecule has 6 aromatic carbocycles. The zero-order chi connectivity index (χ0) is 29.2. The van der Waals surface area contributed by atoms with E-state index in [4.69, 9.17) is 0 Å². The number of rotatable bonds is 7. The van der Waals surface area contributed by atoms with E-state index in [2.05, 4.69) is 144 Å². The minimum atomic E-state index is 0. The predicted octanol–water partition coefficient (Wildman–Crippen LogP) is 12.6. The summed E-state index contributed by atoms with van der Waals surface area (Å²) in [4.78, 5) is 0. The van der Waals surface area contributed by atoms with Crippen molar-refractivity contribution in [2.45, 2.75) is 59.8 Å². The van der Waals surface area contributed by atoms with Crippen LogP contribution >= 0.6 is 24.8 Å². The third kappa shape index (κ3) is 10.9. The number of halogens is 2. The van der Waals surface area contributed by atoms with Crippen LogP contribution in [-0.2, 0) is 42.6 Å². The Balaban J connectivity index is 0.000000753. The molecule has 0 aromatic heterocycles. The molecule has 0 N–H and O–H groups in total. The Morgan fingerprint density at radius 3 is 1.42 bits per heavy atom. The molecule has 0 bridgehead atoms. The Labute approximate surface area is 302 Å². The summed E-state index contributed by atoms with van der Waals surface area (Å²) in [5.74, 6) is 0. The van der Waals surface area contributed by atoms with Crippen LogP contribution in [0.3, 0.4) is 0 Å². The maximum absolute atomic E-state index is 3.06. The van der Waals surface area contributed by atoms with Crippen molar-refractivity contribution in [2.24, 2.45) is 0 Å². The van der Waals surface area contributed by atoms with E-state index in [0.29, 0.717) is 0 Å². The van der Waals surface area contributed by atoms with Gasteiger partial charge in [0.25, 0.3) is 0 Å². The molecule has 0 spiro atoms. The first-order valence-corrected chi connectivity index (χ1v) is 19.1. The topological polar surface area (TPSA) is 0 Å². The van der Waals surface area contributed by atoms with Gasteiger partial charge in [0.05, 0.1) is 0 Å². The molecule has 45 heavy (non-hydrogen) atoms. The zero-order valence-electron chi connectivity index (χ0n) is 27.7. The molecule has 0 amide bonds. The molecule has 0 nitrogen and oxygen atoms in total. The van der Waals surface area contributed by atoms with Gasteiger partial charge in [0.2, 0.25) is 0 Å². The van der Waals surface area contributed by atoms with Crippen molar-refractivity contribution in [3.8, 4) is 22.3 Å². The van der Waals surface area contributed by atoms with E-state index in [-0.39, 0.29) is 39.7 Å². The van der Waals surface area contributed by atoms with Crippen LogP contribution in [0.5, 0.6) is 0 Å². The second-order valence-electron chi connectivity index (χ2n) is 10.8. The Bertz CT molecular complexity index is 1680. The molecular weight excluding hydrogens is 683 g/mol. The molecule has 0 saturated carbocycles. The van der Waals surface area contributed by atoms with Crippen molar-refractivity contribution in [1.29, 1.82) is 0 Å². The van der Waals surface area contributed by atoms with E-state index < -0.39 is 0 Å². The summed E-state index contributed by atoms with van der Waals surface area (Å²) in [5.41, 5.74) is 11.0.